The van der Waals surface area contributed by atoms with Crippen LogP contribution in [0.3, 0.4) is 0 Å². The van der Waals surface area contributed by atoms with Crippen molar-refractivity contribution in [2.45, 2.75) is 0 Å². The summed E-state index contributed by atoms with van der Waals surface area (Å²) >= 11 is 3.12. The molecule has 0 saturated heterocycles. The first-order valence-electron chi connectivity index (χ1n) is 4.26. The van der Waals surface area contributed by atoms with Gasteiger partial charge in [-0.25, -0.2) is 4.79 Å². The average molecular weight is 267 g/mol. The molecule has 0 spiro atoms. The van der Waals surface area contributed by atoms with Gasteiger partial charge < -0.3 is 9.52 Å². The van der Waals surface area contributed by atoms with Gasteiger partial charge in [-0.15, -0.1) is 0 Å². The molecule has 0 atom stereocenters. The van der Waals surface area contributed by atoms with Gasteiger partial charge in [0.05, 0.1) is 0 Å². The molecule has 0 aliphatic rings. The quantitative estimate of drug-likeness (QED) is 0.907. The standard InChI is InChI=1S/C11H7BrO3/c12-9-6-8(10(15-9)11(13)14)7-4-2-1-3-5-7/h1-6H,(H,13,14). The number of halogens is 1. The topological polar surface area (TPSA) is 50.4 Å². The molecule has 4 heteroatoms. The largest absolute Gasteiger partial charge is 0.475 e. The van der Waals surface area contributed by atoms with Gasteiger partial charge in [-0.05, 0) is 27.6 Å². The van der Waals surface area contributed by atoms with E-state index in [1.54, 1.807) is 6.07 Å². The van der Waals surface area contributed by atoms with Gasteiger partial charge in [0.1, 0.15) is 0 Å². The van der Waals surface area contributed by atoms with Gasteiger partial charge in [0.25, 0.3) is 0 Å². The third-order valence-electron chi connectivity index (χ3n) is 1.98. The molecule has 0 amide bonds. The second-order valence-corrected chi connectivity index (χ2v) is 3.75. The summed E-state index contributed by atoms with van der Waals surface area (Å²) in [4.78, 5) is 10.9. The lowest BCUT2D eigenvalue weighted by molar-refractivity contribution is 0.0662. The number of aromatic carboxylic acids is 1. The number of benzene rings is 1. The van der Waals surface area contributed by atoms with E-state index in [1.165, 1.54) is 0 Å². The van der Waals surface area contributed by atoms with Crippen molar-refractivity contribution in [3.8, 4) is 11.1 Å². The van der Waals surface area contributed by atoms with E-state index in [1.807, 2.05) is 30.3 Å². The second-order valence-electron chi connectivity index (χ2n) is 2.96. The molecule has 1 aromatic carbocycles. The van der Waals surface area contributed by atoms with Gasteiger partial charge >= 0.3 is 5.97 Å². The molecule has 1 aromatic heterocycles. The zero-order chi connectivity index (χ0) is 10.8. The zero-order valence-corrected chi connectivity index (χ0v) is 9.19. The van der Waals surface area contributed by atoms with Crippen molar-refractivity contribution in [3.05, 3.63) is 46.8 Å². The molecule has 76 valence electrons. The number of hydrogen-bond acceptors (Lipinski definition) is 2. The fourth-order valence-corrected chi connectivity index (χ4v) is 1.74. The van der Waals surface area contributed by atoms with Crippen LogP contribution in [0.2, 0.25) is 0 Å². The highest BCUT2D eigenvalue weighted by Crippen LogP contribution is 2.29. The predicted molar refractivity (Wildman–Crippen MR) is 58.8 cm³/mol. The average Bonchev–Trinajstić information content (AvgIpc) is 2.62. The first kappa shape index (κ1) is 9.98. The van der Waals surface area contributed by atoms with E-state index in [9.17, 15) is 4.79 Å². The first-order valence-corrected chi connectivity index (χ1v) is 5.06. The third-order valence-corrected chi connectivity index (χ3v) is 2.37. The van der Waals surface area contributed by atoms with Crippen molar-refractivity contribution >= 4 is 21.9 Å². The Morgan fingerprint density at radius 2 is 1.93 bits per heavy atom. The van der Waals surface area contributed by atoms with Crippen LogP contribution in [-0.4, -0.2) is 11.1 Å². The highest BCUT2D eigenvalue weighted by Gasteiger charge is 2.17. The van der Waals surface area contributed by atoms with Gasteiger partial charge in [-0.1, -0.05) is 30.3 Å². The minimum atomic E-state index is -1.07. The molecule has 0 fully saturated rings. The summed E-state index contributed by atoms with van der Waals surface area (Å²) in [5.41, 5.74) is 1.40. The Morgan fingerprint density at radius 3 is 2.53 bits per heavy atom. The Bertz CT molecular complexity index is 488. The van der Waals surface area contributed by atoms with Crippen molar-refractivity contribution in [1.29, 1.82) is 0 Å². The molecule has 15 heavy (non-hydrogen) atoms. The van der Waals surface area contributed by atoms with E-state index >= 15 is 0 Å². The molecule has 1 heterocycles. The van der Waals surface area contributed by atoms with Crippen LogP contribution >= 0.6 is 15.9 Å². The predicted octanol–water partition coefficient (Wildman–Crippen LogP) is 3.41. The molecular weight excluding hydrogens is 260 g/mol. The van der Waals surface area contributed by atoms with E-state index in [0.717, 1.165) is 5.56 Å². The van der Waals surface area contributed by atoms with Crippen LogP contribution in [0.25, 0.3) is 11.1 Å². The van der Waals surface area contributed by atoms with Gasteiger partial charge in [-0.3, -0.25) is 0 Å². The number of hydrogen-bond donors (Lipinski definition) is 1. The summed E-state index contributed by atoms with van der Waals surface area (Å²) in [6.07, 6.45) is 0. The minimum Gasteiger partial charge on any atom is -0.475 e. The smallest absolute Gasteiger partial charge is 0.372 e. The van der Waals surface area contributed by atoms with E-state index < -0.39 is 5.97 Å². The lowest BCUT2D eigenvalue weighted by Gasteiger charge is -1.97. The molecule has 3 nitrogen and oxygen atoms in total. The number of carboxylic acids is 1. The Labute approximate surface area is 94.5 Å². The van der Waals surface area contributed by atoms with E-state index in [0.29, 0.717) is 10.2 Å². The molecular formula is C11H7BrO3. The number of carbonyl (C=O) groups is 1. The van der Waals surface area contributed by atoms with Gasteiger partial charge in [-0.2, -0.15) is 0 Å². The lowest BCUT2D eigenvalue weighted by Crippen LogP contribution is -1.95. The molecule has 0 unspecified atom stereocenters. The summed E-state index contributed by atoms with van der Waals surface area (Å²) in [5, 5.41) is 8.93. The SMILES string of the molecule is O=C(O)c1oc(Br)cc1-c1ccccc1. The van der Waals surface area contributed by atoms with E-state index in [4.69, 9.17) is 9.52 Å². The maximum absolute atomic E-state index is 10.9. The lowest BCUT2D eigenvalue weighted by atomic mass is 10.1. The third kappa shape index (κ3) is 1.94. The first-order chi connectivity index (χ1) is 7.18. The van der Waals surface area contributed by atoms with Crippen molar-refractivity contribution in [3.63, 3.8) is 0 Å². The Morgan fingerprint density at radius 1 is 1.27 bits per heavy atom. The van der Waals surface area contributed by atoms with Crippen molar-refractivity contribution in [2.24, 2.45) is 0 Å². The molecule has 0 aliphatic heterocycles. The summed E-state index contributed by atoms with van der Waals surface area (Å²) in [5.74, 6) is -1.12. The van der Waals surface area contributed by atoms with Gasteiger partial charge in [0, 0.05) is 5.56 Å². The van der Waals surface area contributed by atoms with Crippen LogP contribution in [0.1, 0.15) is 10.6 Å². The van der Waals surface area contributed by atoms with Crippen molar-refractivity contribution in [1.82, 2.24) is 0 Å². The van der Waals surface area contributed by atoms with Crippen molar-refractivity contribution < 1.29 is 14.3 Å². The van der Waals surface area contributed by atoms with Crippen molar-refractivity contribution in [2.75, 3.05) is 0 Å². The zero-order valence-electron chi connectivity index (χ0n) is 7.61. The van der Waals surface area contributed by atoms with Crippen LogP contribution in [0.15, 0.2) is 45.5 Å². The maximum atomic E-state index is 10.9. The summed E-state index contributed by atoms with van der Waals surface area (Å²) in [6.45, 7) is 0. The van der Waals surface area contributed by atoms with Crippen LogP contribution < -0.4 is 0 Å². The van der Waals surface area contributed by atoms with Crippen LogP contribution in [0.4, 0.5) is 0 Å². The monoisotopic (exact) mass is 266 g/mol. The van der Waals surface area contributed by atoms with E-state index in [-0.39, 0.29) is 5.76 Å². The Kier molecular flexibility index (Phi) is 2.60. The summed E-state index contributed by atoms with van der Waals surface area (Å²) in [7, 11) is 0. The normalized spacial score (nSPS) is 10.2. The van der Waals surface area contributed by atoms with Crippen LogP contribution in [0, 0.1) is 0 Å². The molecule has 2 rings (SSSR count). The molecule has 2 aromatic rings. The van der Waals surface area contributed by atoms with E-state index in [2.05, 4.69) is 15.9 Å². The minimum absolute atomic E-state index is 0.0481. The fraction of sp³-hybridized carbons (Fsp3) is 0. The maximum Gasteiger partial charge on any atom is 0.372 e. The molecule has 0 saturated carbocycles. The number of carboxylic acid groups (broad SMARTS) is 1. The van der Waals surface area contributed by atoms with Crippen LogP contribution in [0.5, 0.6) is 0 Å². The second kappa shape index (κ2) is 3.90. The Balaban J connectivity index is 2.58. The van der Waals surface area contributed by atoms with Gasteiger partial charge in [0.15, 0.2) is 4.67 Å². The number of furan rings is 1. The molecule has 0 bridgehead atoms. The summed E-state index contributed by atoms with van der Waals surface area (Å²) in [6, 6.07) is 10.9. The van der Waals surface area contributed by atoms with Gasteiger partial charge in [0.2, 0.25) is 5.76 Å². The summed E-state index contributed by atoms with van der Waals surface area (Å²) < 4.78 is 5.46. The molecule has 0 aliphatic carbocycles. The number of rotatable bonds is 2. The highest BCUT2D eigenvalue weighted by molar-refractivity contribution is 9.10. The molecule has 1 N–H and O–H groups in total. The highest BCUT2D eigenvalue weighted by atomic mass is 79.9. The molecule has 0 radical (unpaired) electrons. The Hall–Kier alpha value is -1.55. The van der Waals surface area contributed by atoms with Crippen LogP contribution in [-0.2, 0) is 0 Å². The fourth-order valence-electron chi connectivity index (χ4n) is 1.35.